The first-order valence-electron chi connectivity index (χ1n) is 23.1. The number of ether oxygens (including phenoxy) is 2. The number of aromatic amines is 1. The molecule has 364 valence electrons. The summed E-state index contributed by atoms with van der Waals surface area (Å²) in [7, 11) is 0. The van der Waals surface area contributed by atoms with Crippen molar-refractivity contribution in [3.05, 3.63) is 82.2 Å². The predicted octanol–water partition coefficient (Wildman–Crippen LogP) is 6.15. The minimum absolute atomic E-state index is 0.0527. The minimum Gasteiger partial charge on any atom is -0.480 e. The van der Waals surface area contributed by atoms with Crippen molar-refractivity contribution in [1.82, 2.24) is 45.1 Å². The first-order chi connectivity index (χ1) is 32.2. The molecule has 0 aliphatic heterocycles. The monoisotopic (exact) mass is 935 g/mol. The molecule has 0 saturated carbocycles. The van der Waals surface area contributed by atoms with Crippen molar-refractivity contribution in [3.8, 4) is 0 Å². The molecule has 9 N–H and O–H groups in total. The van der Waals surface area contributed by atoms with Crippen molar-refractivity contribution in [2.75, 3.05) is 43.1 Å². The number of hydrogen-bond acceptors (Lipinski definition) is 14. The van der Waals surface area contributed by atoms with E-state index in [1.54, 1.807) is 24.3 Å². The van der Waals surface area contributed by atoms with Gasteiger partial charge in [-0.3, -0.25) is 19.4 Å². The lowest BCUT2D eigenvalue weighted by molar-refractivity contribution is -0.139. The number of carbonyl (C=O) groups excluding carboxylic acids is 2. The van der Waals surface area contributed by atoms with Gasteiger partial charge in [0.25, 0.3) is 11.5 Å². The maximum Gasteiger partial charge on any atom is 0.326 e. The molecule has 19 heteroatoms. The number of nitrogen functional groups attached to an aromatic ring is 2. The second kappa shape index (κ2) is 21.9. The largest absolute Gasteiger partial charge is 0.480 e. The third-order valence-electron chi connectivity index (χ3n) is 11.7. The topological polar surface area (TPSA) is 280 Å². The van der Waals surface area contributed by atoms with E-state index >= 15 is 0 Å². The van der Waals surface area contributed by atoms with Gasteiger partial charge in [0.1, 0.15) is 17.4 Å². The number of H-pyrrole nitrogens is 1. The average Bonchev–Trinajstić information content (AvgIpc) is 3.63. The highest BCUT2D eigenvalue weighted by Gasteiger charge is 2.28. The van der Waals surface area contributed by atoms with Crippen LogP contribution in [-0.2, 0) is 38.6 Å². The number of nitrogens with two attached hydrogens (primary N) is 2. The van der Waals surface area contributed by atoms with Gasteiger partial charge in [-0.1, -0.05) is 59.2 Å². The van der Waals surface area contributed by atoms with Crippen molar-refractivity contribution >= 4 is 68.3 Å². The Bertz CT molecular complexity index is 2790. The second-order valence-electron chi connectivity index (χ2n) is 19.5. The molecule has 4 aromatic heterocycles. The maximum atomic E-state index is 13.0. The molecule has 0 aliphatic rings. The molecule has 1 unspecified atom stereocenters. The summed E-state index contributed by atoms with van der Waals surface area (Å²) in [5.41, 5.74) is 14.8. The second-order valence-corrected chi connectivity index (χ2v) is 19.5. The van der Waals surface area contributed by atoms with Gasteiger partial charge in [-0.05, 0) is 75.3 Å². The van der Waals surface area contributed by atoms with Crippen molar-refractivity contribution in [3.63, 3.8) is 0 Å². The number of benzene rings is 2. The number of anilines is 3. The number of aromatic nitrogens is 7. The number of pyridine rings is 1. The van der Waals surface area contributed by atoms with Gasteiger partial charge in [0, 0.05) is 54.6 Å². The highest BCUT2D eigenvalue weighted by atomic mass is 16.5. The van der Waals surface area contributed by atoms with Crippen LogP contribution in [-0.4, -0.2) is 95.4 Å². The number of unbranched alkanes of at least 4 members (excludes halogenated alkanes) is 1. The van der Waals surface area contributed by atoms with Gasteiger partial charge in [0.2, 0.25) is 11.9 Å². The fourth-order valence-electron chi connectivity index (χ4n) is 7.78. The van der Waals surface area contributed by atoms with Crippen LogP contribution in [0.4, 0.5) is 17.5 Å². The Labute approximate surface area is 395 Å². The van der Waals surface area contributed by atoms with E-state index in [-0.39, 0.29) is 58.8 Å². The van der Waals surface area contributed by atoms with Gasteiger partial charge >= 0.3 is 5.97 Å². The number of carbonyl (C=O) groups is 3. The summed E-state index contributed by atoms with van der Waals surface area (Å²) in [4.78, 5) is 74.4. The summed E-state index contributed by atoms with van der Waals surface area (Å²) in [6.07, 6.45) is 5.53. The minimum atomic E-state index is -1.28. The lowest BCUT2D eigenvalue weighted by Gasteiger charge is -2.31. The molecule has 6 rings (SSSR count). The van der Waals surface area contributed by atoms with Gasteiger partial charge in [0.05, 0.1) is 48.3 Å². The van der Waals surface area contributed by atoms with Crippen molar-refractivity contribution in [2.24, 2.45) is 10.8 Å². The molecule has 19 nitrogen and oxygen atoms in total. The maximum absolute atomic E-state index is 13.0. The van der Waals surface area contributed by atoms with E-state index in [1.807, 2.05) is 32.0 Å². The van der Waals surface area contributed by atoms with E-state index in [1.165, 1.54) is 6.20 Å². The molecule has 0 bridgehead atoms. The first kappa shape index (κ1) is 50.7. The van der Waals surface area contributed by atoms with E-state index in [9.17, 15) is 24.3 Å². The zero-order chi connectivity index (χ0) is 49.2. The van der Waals surface area contributed by atoms with Crippen LogP contribution in [0.2, 0.25) is 0 Å². The SMILES string of the molecule is CCCCc1nc2c(N)nc3ccccc3c2n1CC(C)(C)COCC(C)(C)CCOC(C)(C)CCNC(=O)CCC(NC(=O)c1ccc(NCc2cnc3nc(N)[nH]c(=O)c3n2)cc1)C(=O)O. The number of nitrogens with one attached hydrogen (secondary N) is 4. The number of carboxylic acids is 1. The molecular weight excluding hydrogens is 869 g/mol. The van der Waals surface area contributed by atoms with Gasteiger partial charge in [-0.15, -0.1) is 0 Å². The number of carboxylic acid groups (broad SMARTS) is 1. The molecule has 4 heterocycles. The standard InChI is InChI=1S/C49H66N12O7/c1-8-9-14-36-58-38-40(33-12-10-11-13-34(33)56-41(38)50)61(36)27-48(4,5)29-67-28-47(2,3)22-24-68-49(6,7)21-23-52-37(62)20-19-35(45(65)66)57-43(63)30-15-17-31(18-16-30)53-25-32-26-54-42-39(55-32)44(64)60-46(51)59-42/h10-13,15-18,26,35,53H,8-9,14,19-25,27-29H2,1-7H3,(H2,50,56)(H,52,62)(H,57,63)(H,65,66)(H3,51,54,59,60,64). The molecule has 0 radical (unpaired) electrons. The highest BCUT2D eigenvalue weighted by Crippen LogP contribution is 2.33. The molecular formula is C49H66N12O7. The Morgan fingerprint density at radius 2 is 1.65 bits per heavy atom. The summed E-state index contributed by atoms with van der Waals surface area (Å²) in [6, 6.07) is 13.2. The van der Waals surface area contributed by atoms with Crippen LogP contribution >= 0.6 is 0 Å². The van der Waals surface area contributed by atoms with Crippen LogP contribution in [0.1, 0.15) is 109 Å². The molecule has 0 spiro atoms. The van der Waals surface area contributed by atoms with Gasteiger partial charge in [-0.25, -0.2) is 24.7 Å². The van der Waals surface area contributed by atoms with E-state index in [0.717, 1.165) is 53.4 Å². The van der Waals surface area contributed by atoms with Gasteiger partial charge < -0.3 is 46.6 Å². The van der Waals surface area contributed by atoms with Gasteiger partial charge in [0.15, 0.2) is 17.0 Å². The van der Waals surface area contributed by atoms with Crippen LogP contribution in [0.25, 0.3) is 33.1 Å². The van der Waals surface area contributed by atoms with Crippen LogP contribution in [0.5, 0.6) is 0 Å². The Hall–Kier alpha value is -6.73. The molecule has 2 aromatic carbocycles. The van der Waals surface area contributed by atoms with E-state index in [4.69, 9.17) is 25.9 Å². The lowest BCUT2D eigenvalue weighted by Crippen LogP contribution is -2.42. The zero-order valence-corrected chi connectivity index (χ0v) is 40.2. The number of para-hydroxylation sites is 1. The van der Waals surface area contributed by atoms with Crippen molar-refractivity contribution in [2.45, 2.75) is 118 Å². The number of imidazole rings is 1. The van der Waals surface area contributed by atoms with E-state index in [2.05, 4.69) is 86.1 Å². The van der Waals surface area contributed by atoms with E-state index < -0.39 is 29.1 Å². The summed E-state index contributed by atoms with van der Waals surface area (Å²) in [6.45, 7) is 17.8. The number of nitrogens with zero attached hydrogens (tertiary/aromatic N) is 6. The quantitative estimate of drug-likeness (QED) is 0.0339. The normalized spacial score (nSPS) is 12.7. The molecule has 2 amide bonds. The smallest absolute Gasteiger partial charge is 0.326 e. The van der Waals surface area contributed by atoms with Gasteiger partial charge in [-0.2, -0.15) is 4.98 Å². The number of aliphatic carboxylic acids is 1. The number of amides is 2. The zero-order valence-electron chi connectivity index (χ0n) is 40.2. The summed E-state index contributed by atoms with van der Waals surface area (Å²) < 4.78 is 15.0. The number of aryl methyl sites for hydroxylation is 1. The fourth-order valence-corrected chi connectivity index (χ4v) is 7.78. The molecule has 0 fully saturated rings. The average molecular weight is 935 g/mol. The summed E-state index contributed by atoms with van der Waals surface area (Å²) >= 11 is 0. The molecule has 68 heavy (non-hydrogen) atoms. The molecule has 1 atom stereocenters. The molecule has 0 saturated heterocycles. The Morgan fingerprint density at radius 3 is 2.38 bits per heavy atom. The lowest BCUT2D eigenvalue weighted by atomic mass is 9.90. The van der Waals surface area contributed by atoms with Crippen LogP contribution in [0.15, 0.2) is 59.5 Å². The van der Waals surface area contributed by atoms with Crippen LogP contribution in [0.3, 0.4) is 0 Å². The van der Waals surface area contributed by atoms with Crippen molar-refractivity contribution in [1.29, 1.82) is 0 Å². The fraction of sp³-hybridized carbons (Fsp3) is 0.490. The molecule has 6 aromatic rings. The number of rotatable bonds is 25. The van der Waals surface area contributed by atoms with E-state index in [0.29, 0.717) is 56.5 Å². The Morgan fingerprint density at radius 1 is 0.912 bits per heavy atom. The third kappa shape index (κ3) is 13.7. The number of hydrogen-bond donors (Lipinski definition) is 7. The predicted molar refractivity (Wildman–Crippen MR) is 263 cm³/mol. The summed E-state index contributed by atoms with van der Waals surface area (Å²) in [5, 5.41) is 19.4. The molecule has 0 aliphatic carbocycles. The highest BCUT2D eigenvalue weighted by molar-refractivity contribution is 6.06. The van der Waals surface area contributed by atoms with Crippen LogP contribution in [0, 0.1) is 10.8 Å². The Balaban J connectivity index is 0.891. The summed E-state index contributed by atoms with van der Waals surface area (Å²) in [5.74, 6) is -0.761. The number of fused-ring (bicyclic) bond motifs is 4. The van der Waals surface area contributed by atoms with Crippen molar-refractivity contribution < 1.29 is 29.0 Å². The third-order valence-corrected chi connectivity index (χ3v) is 11.7. The van der Waals surface area contributed by atoms with Crippen LogP contribution < -0.4 is 33.0 Å². The Kier molecular flexibility index (Phi) is 16.3. The first-order valence-corrected chi connectivity index (χ1v) is 23.1.